The summed E-state index contributed by atoms with van der Waals surface area (Å²) in [5.74, 6) is 0. The Kier molecular flexibility index (Phi) is 19.6. The van der Waals surface area contributed by atoms with E-state index in [0.717, 1.165) is 118 Å². The molecule has 37 heavy (non-hydrogen) atoms. The first-order chi connectivity index (χ1) is 17.9. The Hall–Kier alpha value is -0.620. The van der Waals surface area contributed by atoms with Gasteiger partial charge in [0.15, 0.2) is 0 Å². The average molecular weight is 584 g/mol. The first-order valence-electron chi connectivity index (χ1n) is 14.7. The normalized spacial score (nSPS) is 22.3. The molecule has 3 rings (SSSR count). The molecule has 9 heteroatoms. The zero-order valence-corrected chi connectivity index (χ0v) is 24.9. The van der Waals surface area contributed by atoms with Crippen LogP contribution in [0.2, 0.25) is 0 Å². The monoisotopic (exact) mass is 582 g/mol. The fraction of sp³-hybridized carbons (Fsp3) is 0.786. The van der Waals surface area contributed by atoms with E-state index in [0.29, 0.717) is 0 Å². The van der Waals surface area contributed by atoms with Gasteiger partial charge in [-0.05, 0) is 89.2 Å². The molecule has 2 aliphatic heterocycles. The van der Waals surface area contributed by atoms with Gasteiger partial charge in [0.2, 0.25) is 0 Å². The third-order valence-corrected chi connectivity index (χ3v) is 7.06. The number of rotatable bonds is 4. The molecule has 0 saturated carbocycles. The van der Waals surface area contributed by atoms with Gasteiger partial charge in [-0.25, -0.2) is 0 Å². The Morgan fingerprint density at radius 1 is 0.405 bits per heavy atom. The molecule has 0 aliphatic carbocycles. The van der Waals surface area contributed by atoms with Gasteiger partial charge in [0, 0.05) is 65.4 Å². The fourth-order valence-electron chi connectivity index (χ4n) is 4.97. The van der Waals surface area contributed by atoms with Crippen molar-refractivity contribution < 1.29 is 0 Å². The van der Waals surface area contributed by atoms with Crippen LogP contribution in [-0.2, 0) is 13.1 Å². The third kappa shape index (κ3) is 16.2. The molecule has 214 valence electrons. The Labute approximate surface area is 237 Å². The number of halogens is 1. The maximum Gasteiger partial charge on any atom is 0.0233 e. The molecule has 0 spiro atoms. The van der Waals surface area contributed by atoms with Crippen molar-refractivity contribution in [3.8, 4) is 0 Å². The molecule has 8 nitrogen and oxygen atoms in total. The molecule has 1 aromatic rings. The summed E-state index contributed by atoms with van der Waals surface area (Å²) in [5, 5.41) is 21.3. The van der Waals surface area contributed by atoms with Gasteiger partial charge in [0.05, 0.1) is 0 Å². The van der Waals surface area contributed by atoms with Crippen molar-refractivity contribution in [3.05, 3.63) is 35.4 Å². The van der Waals surface area contributed by atoms with Gasteiger partial charge < -0.3 is 31.9 Å². The lowest BCUT2D eigenvalue weighted by Gasteiger charge is -2.24. The Morgan fingerprint density at radius 3 is 0.919 bits per heavy atom. The van der Waals surface area contributed by atoms with E-state index in [-0.39, 0.29) is 17.0 Å². The molecule has 1 aromatic carbocycles. The molecule has 2 saturated heterocycles. The molecule has 2 aliphatic rings. The van der Waals surface area contributed by atoms with Gasteiger partial charge in [-0.2, -0.15) is 0 Å². The van der Waals surface area contributed by atoms with Crippen molar-refractivity contribution in [2.75, 3.05) is 105 Å². The fourth-order valence-corrected chi connectivity index (χ4v) is 4.97. The smallest absolute Gasteiger partial charge is 0.0233 e. The summed E-state index contributed by atoms with van der Waals surface area (Å²) in [6, 6.07) is 9.46. The van der Waals surface area contributed by atoms with Gasteiger partial charge in [0.1, 0.15) is 0 Å². The Balaban J connectivity index is 0.00000481. The number of benzene rings is 1. The van der Waals surface area contributed by atoms with Gasteiger partial charge in [0.25, 0.3) is 0 Å². The number of nitrogens with one attached hydrogen (secondary N) is 6. The van der Waals surface area contributed by atoms with E-state index in [4.69, 9.17) is 0 Å². The SMILES string of the molecule is Br.c1cc(CN2CCCNCCNCCNCCC2)ccc1CN1CCCNCCNCCNCCC1. The lowest BCUT2D eigenvalue weighted by molar-refractivity contribution is 0.254. The first kappa shape index (κ1) is 32.6. The van der Waals surface area contributed by atoms with Gasteiger partial charge in [-0.1, -0.05) is 24.3 Å². The molecule has 0 unspecified atom stereocenters. The second-order valence-electron chi connectivity index (χ2n) is 10.3. The van der Waals surface area contributed by atoms with Crippen LogP contribution in [0.4, 0.5) is 0 Å². The molecule has 2 heterocycles. The topological polar surface area (TPSA) is 78.7 Å². The highest BCUT2D eigenvalue weighted by Gasteiger charge is 2.09. The van der Waals surface area contributed by atoms with Crippen LogP contribution in [0.5, 0.6) is 0 Å². The third-order valence-electron chi connectivity index (χ3n) is 7.06. The van der Waals surface area contributed by atoms with Crippen LogP contribution >= 0.6 is 17.0 Å². The number of hydrogen-bond acceptors (Lipinski definition) is 8. The van der Waals surface area contributed by atoms with Crippen LogP contribution in [0.1, 0.15) is 36.8 Å². The van der Waals surface area contributed by atoms with Gasteiger partial charge in [-0.3, -0.25) is 9.80 Å². The minimum Gasteiger partial charge on any atom is -0.315 e. The zero-order chi connectivity index (χ0) is 24.9. The van der Waals surface area contributed by atoms with Crippen molar-refractivity contribution in [1.29, 1.82) is 0 Å². The maximum atomic E-state index is 3.57. The minimum atomic E-state index is 0. The molecule has 0 aromatic heterocycles. The quantitative estimate of drug-likeness (QED) is 0.314. The lowest BCUT2D eigenvalue weighted by Crippen LogP contribution is -2.36. The Bertz CT molecular complexity index is 565. The predicted molar refractivity (Wildman–Crippen MR) is 163 cm³/mol. The Morgan fingerprint density at radius 2 is 0.649 bits per heavy atom. The summed E-state index contributed by atoms with van der Waals surface area (Å²) in [6.45, 7) is 19.6. The van der Waals surface area contributed by atoms with E-state index in [9.17, 15) is 0 Å². The molecule has 0 atom stereocenters. The summed E-state index contributed by atoms with van der Waals surface area (Å²) in [6.07, 6.45) is 4.84. The van der Waals surface area contributed by atoms with E-state index in [1.807, 2.05) is 0 Å². The molecule has 6 N–H and O–H groups in total. The van der Waals surface area contributed by atoms with Crippen LogP contribution < -0.4 is 31.9 Å². The van der Waals surface area contributed by atoms with Crippen molar-refractivity contribution in [1.82, 2.24) is 41.7 Å². The van der Waals surface area contributed by atoms with Crippen LogP contribution in [0.15, 0.2) is 24.3 Å². The molecule has 0 radical (unpaired) electrons. The molecular formula is C28H55BrN8. The van der Waals surface area contributed by atoms with E-state index in [1.165, 1.54) is 36.8 Å². The predicted octanol–water partition coefficient (Wildman–Crippen LogP) is 0.994. The summed E-state index contributed by atoms with van der Waals surface area (Å²) in [4.78, 5) is 5.28. The molecule has 0 bridgehead atoms. The highest BCUT2D eigenvalue weighted by molar-refractivity contribution is 8.93. The summed E-state index contributed by atoms with van der Waals surface area (Å²) in [7, 11) is 0. The largest absolute Gasteiger partial charge is 0.315 e. The first-order valence-corrected chi connectivity index (χ1v) is 14.7. The van der Waals surface area contributed by atoms with Crippen LogP contribution in [0, 0.1) is 0 Å². The second-order valence-corrected chi connectivity index (χ2v) is 10.3. The van der Waals surface area contributed by atoms with Crippen molar-refractivity contribution in [3.63, 3.8) is 0 Å². The van der Waals surface area contributed by atoms with Crippen LogP contribution in [0.25, 0.3) is 0 Å². The van der Waals surface area contributed by atoms with Crippen molar-refractivity contribution in [2.24, 2.45) is 0 Å². The standard InChI is InChI=1S/C28H54N8.BrH/c1-9-29-13-17-33-18-14-30-10-2-22-35(21-1)25-27-5-7-28(8-6-27)26-36-23-3-11-31-15-19-34-20-16-32-12-4-24-36;/h5-8,29-34H,1-4,9-26H2;1H. The lowest BCUT2D eigenvalue weighted by atomic mass is 10.1. The van der Waals surface area contributed by atoms with Gasteiger partial charge >= 0.3 is 0 Å². The summed E-state index contributed by atoms with van der Waals surface area (Å²) < 4.78 is 0. The zero-order valence-electron chi connectivity index (χ0n) is 23.2. The summed E-state index contributed by atoms with van der Waals surface area (Å²) >= 11 is 0. The highest BCUT2D eigenvalue weighted by Crippen LogP contribution is 2.11. The van der Waals surface area contributed by atoms with E-state index in [1.54, 1.807) is 0 Å². The van der Waals surface area contributed by atoms with E-state index in [2.05, 4.69) is 66.0 Å². The maximum absolute atomic E-state index is 3.57. The molecular weight excluding hydrogens is 528 g/mol. The average Bonchev–Trinajstić information content (AvgIpc) is 2.89. The van der Waals surface area contributed by atoms with Crippen LogP contribution in [0.3, 0.4) is 0 Å². The van der Waals surface area contributed by atoms with E-state index < -0.39 is 0 Å². The van der Waals surface area contributed by atoms with Crippen LogP contribution in [-0.4, -0.2) is 115 Å². The van der Waals surface area contributed by atoms with Gasteiger partial charge in [-0.15, -0.1) is 17.0 Å². The summed E-state index contributed by atoms with van der Waals surface area (Å²) in [5.41, 5.74) is 2.88. The number of hydrogen-bond donors (Lipinski definition) is 6. The van der Waals surface area contributed by atoms with Crippen molar-refractivity contribution in [2.45, 2.75) is 38.8 Å². The highest BCUT2D eigenvalue weighted by atomic mass is 79.9. The minimum absolute atomic E-state index is 0. The van der Waals surface area contributed by atoms with E-state index >= 15 is 0 Å². The molecule has 0 amide bonds. The second kappa shape index (κ2) is 22.2. The number of nitrogens with zero attached hydrogens (tertiary/aromatic N) is 2. The van der Waals surface area contributed by atoms with Crippen molar-refractivity contribution >= 4 is 17.0 Å². The molecule has 2 fully saturated rings.